The zero-order valence-corrected chi connectivity index (χ0v) is 14.6. The molecule has 1 N–H and O–H groups in total. The highest BCUT2D eigenvalue weighted by molar-refractivity contribution is 8.13. The van der Waals surface area contributed by atoms with Crippen molar-refractivity contribution in [1.82, 2.24) is 5.43 Å². The number of hydrogen-bond donors (Lipinski definition) is 1. The van der Waals surface area contributed by atoms with Crippen LogP contribution in [0.2, 0.25) is 10.0 Å². The summed E-state index contributed by atoms with van der Waals surface area (Å²) < 4.78 is 0. The molecule has 0 unspecified atom stereocenters. The van der Waals surface area contributed by atoms with Crippen molar-refractivity contribution in [2.75, 3.05) is 6.26 Å². The minimum Gasteiger partial charge on any atom is -0.254 e. The first-order valence-electron chi connectivity index (χ1n) is 6.62. The third-order valence-electron chi connectivity index (χ3n) is 2.66. The highest BCUT2D eigenvalue weighted by Gasteiger charge is 1.94. The SMILES string of the molecule is CS/C(=N\N=C/c1ccc(Cl)cc1)N/N=C\c1ccc(Cl)cc1. The summed E-state index contributed by atoms with van der Waals surface area (Å²) in [4.78, 5) is 0. The molecule has 2 aromatic carbocycles. The second-order valence-corrected chi connectivity index (χ2v) is 5.99. The molecule has 0 spiro atoms. The third-order valence-corrected chi connectivity index (χ3v) is 3.73. The molecule has 4 nitrogen and oxygen atoms in total. The van der Waals surface area contributed by atoms with E-state index in [9.17, 15) is 0 Å². The number of hydrazone groups is 1. The van der Waals surface area contributed by atoms with Crippen molar-refractivity contribution >= 4 is 52.6 Å². The molecule has 0 aliphatic heterocycles. The summed E-state index contributed by atoms with van der Waals surface area (Å²) in [6.45, 7) is 0. The third kappa shape index (κ3) is 6.44. The minimum absolute atomic E-state index is 0.584. The van der Waals surface area contributed by atoms with Crippen molar-refractivity contribution < 1.29 is 0 Å². The molecule has 118 valence electrons. The van der Waals surface area contributed by atoms with Gasteiger partial charge < -0.3 is 0 Å². The fourth-order valence-corrected chi connectivity index (χ4v) is 2.04. The first kappa shape index (κ1) is 17.5. The van der Waals surface area contributed by atoms with Crippen LogP contribution in [0.5, 0.6) is 0 Å². The Morgan fingerprint density at radius 2 is 1.43 bits per heavy atom. The van der Waals surface area contributed by atoms with Gasteiger partial charge in [0.25, 0.3) is 0 Å². The van der Waals surface area contributed by atoms with Gasteiger partial charge in [-0.1, -0.05) is 59.2 Å². The predicted molar refractivity (Wildman–Crippen MR) is 102 cm³/mol. The summed E-state index contributed by atoms with van der Waals surface area (Å²) in [5.74, 6) is 0. The van der Waals surface area contributed by atoms with Crippen LogP contribution < -0.4 is 5.43 Å². The monoisotopic (exact) mass is 364 g/mol. The zero-order valence-electron chi connectivity index (χ0n) is 12.3. The van der Waals surface area contributed by atoms with E-state index in [0.29, 0.717) is 15.2 Å². The minimum atomic E-state index is 0.584. The molecule has 0 heterocycles. The summed E-state index contributed by atoms with van der Waals surface area (Å²) in [5, 5.41) is 14.2. The molecule has 2 aromatic rings. The number of nitrogens with one attached hydrogen (secondary N) is 1. The van der Waals surface area contributed by atoms with Crippen LogP contribution in [0.3, 0.4) is 0 Å². The van der Waals surface area contributed by atoms with Crippen LogP contribution in [-0.2, 0) is 0 Å². The van der Waals surface area contributed by atoms with Gasteiger partial charge in [-0.15, -0.1) is 5.10 Å². The molecular weight excluding hydrogens is 351 g/mol. The Kier molecular flexibility index (Phi) is 7.13. The van der Waals surface area contributed by atoms with E-state index in [-0.39, 0.29) is 0 Å². The smallest absolute Gasteiger partial charge is 0.203 e. The van der Waals surface area contributed by atoms with Gasteiger partial charge in [0.2, 0.25) is 5.17 Å². The lowest BCUT2D eigenvalue weighted by molar-refractivity contribution is 1.03. The lowest BCUT2D eigenvalue weighted by Gasteiger charge is -1.99. The van der Waals surface area contributed by atoms with Crippen molar-refractivity contribution in [2.45, 2.75) is 0 Å². The first-order chi connectivity index (χ1) is 11.2. The molecule has 0 aromatic heterocycles. The molecule has 0 saturated heterocycles. The van der Waals surface area contributed by atoms with E-state index < -0.39 is 0 Å². The van der Waals surface area contributed by atoms with E-state index in [1.807, 2.05) is 42.7 Å². The van der Waals surface area contributed by atoms with Crippen molar-refractivity contribution in [1.29, 1.82) is 0 Å². The van der Waals surface area contributed by atoms with E-state index in [1.165, 1.54) is 11.8 Å². The second kappa shape index (κ2) is 9.35. The predicted octanol–water partition coefficient (Wildman–Crippen LogP) is 4.67. The van der Waals surface area contributed by atoms with Crippen LogP contribution in [-0.4, -0.2) is 23.9 Å². The molecule has 7 heteroatoms. The number of nitrogens with zero attached hydrogens (tertiary/aromatic N) is 3. The van der Waals surface area contributed by atoms with Gasteiger partial charge in [0.15, 0.2) is 0 Å². The summed E-state index contributed by atoms with van der Waals surface area (Å²) in [6.07, 6.45) is 5.23. The summed E-state index contributed by atoms with van der Waals surface area (Å²) in [7, 11) is 0. The van der Waals surface area contributed by atoms with Crippen LogP contribution in [0, 0.1) is 0 Å². The largest absolute Gasteiger partial charge is 0.254 e. The Labute approximate surface area is 149 Å². The van der Waals surface area contributed by atoms with Gasteiger partial charge in [0, 0.05) is 10.0 Å². The lowest BCUT2D eigenvalue weighted by atomic mass is 10.2. The highest BCUT2D eigenvalue weighted by Crippen LogP contribution is 2.08. The van der Waals surface area contributed by atoms with Crippen LogP contribution >= 0.6 is 35.0 Å². The van der Waals surface area contributed by atoms with E-state index >= 15 is 0 Å². The molecule has 0 bridgehead atoms. The van der Waals surface area contributed by atoms with Gasteiger partial charge in [0.05, 0.1) is 12.4 Å². The first-order valence-corrected chi connectivity index (χ1v) is 8.60. The number of thioether (sulfide) groups is 1. The number of hydrogen-bond acceptors (Lipinski definition) is 4. The van der Waals surface area contributed by atoms with Gasteiger partial charge in [-0.25, -0.2) is 0 Å². The van der Waals surface area contributed by atoms with E-state index in [4.69, 9.17) is 23.2 Å². The molecule has 2 rings (SSSR count). The molecule has 0 saturated carbocycles. The van der Waals surface area contributed by atoms with Gasteiger partial charge in [-0.2, -0.15) is 10.2 Å². The fraction of sp³-hybridized carbons (Fsp3) is 0.0625. The quantitative estimate of drug-likeness (QED) is 0.486. The summed E-state index contributed by atoms with van der Waals surface area (Å²) >= 11 is 13.1. The number of halogens is 2. The maximum absolute atomic E-state index is 5.83. The van der Waals surface area contributed by atoms with Crippen LogP contribution in [0.1, 0.15) is 11.1 Å². The van der Waals surface area contributed by atoms with Crippen LogP contribution in [0.25, 0.3) is 0 Å². The van der Waals surface area contributed by atoms with Crippen molar-refractivity contribution in [3.63, 3.8) is 0 Å². The molecule has 0 fully saturated rings. The van der Waals surface area contributed by atoms with Crippen molar-refractivity contribution in [3.05, 3.63) is 69.7 Å². The van der Waals surface area contributed by atoms with E-state index in [0.717, 1.165) is 11.1 Å². The number of benzene rings is 2. The van der Waals surface area contributed by atoms with Gasteiger partial charge >= 0.3 is 0 Å². The maximum Gasteiger partial charge on any atom is 0.203 e. The number of rotatable bonds is 4. The van der Waals surface area contributed by atoms with Crippen molar-refractivity contribution in [2.24, 2.45) is 15.3 Å². The van der Waals surface area contributed by atoms with Gasteiger partial charge in [-0.05, 0) is 41.6 Å². The topological polar surface area (TPSA) is 49.1 Å². The molecule has 0 atom stereocenters. The number of amidine groups is 1. The Morgan fingerprint density at radius 1 is 0.913 bits per heavy atom. The molecular formula is C16H14Cl2N4S. The lowest BCUT2D eigenvalue weighted by Crippen LogP contribution is -2.13. The van der Waals surface area contributed by atoms with E-state index in [1.54, 1.807) is 24.6 Å². The van der Waals surface area contributed by atoms with Crippen LogP contribution in [0.15, 0.2) is 63.8 Å². The Hall–Kier alpha value is -1.82. The van der Waals surface area contributed by atoms with E-state index in [2.05, 4.69) is 20.7 Å². The Bertz CT molecular complexity index is 710. The van der Waals surface area contributed by atoms with Gasteiger partial charge in [-0.3, -0.25) is 5.43 Å². The second-order valence-electron chi connectivity index (χ2n) is 4.33. The maximum atomic E-state index is 5.83. The van der Waals surface area contributed by atoms with Crippen LogP contribution in [0.4, 0.5) is 0 Å². The molecule has 0 radical (unpaired) electrons. The zero-order chi connectivity index (χ0) is 16.5. The van der Waals surface area contributed by atoms with Gasteiger partial charge in [0.1, 0.15) is 0 Å². The summed E-state index contributed by atoms with van der Waals surface area (Å²) in [5.41, 5.74) is 4.70. The fourth-order valence-electron chi connectivity index (χ4n) is 1.52. The standard InChI is InChI=1S/C16H14Cl2N4S/c1-23-16(21-19-10-12-2-6-14(17)7-3-12)22-20-11-13-4-8-15(18)9-5-13/h2-11H,1H3,(H,21,22)/b19-10-,20-11-. The Morgan fingerprint density at radius 3 is 1.96 bits per heavy atom. The summed E-state index contributed by atoms with van der Waals surface area (Å²) in [6, 6.07) is 14.7. The molecule has 0 aliphatic rings. The molecule has 23 heavy (non-hydrogen) atoms. The highest BCUT2D eigenvalue weighted by atomic mass is 35.5. The van der Waals surface area contributed by atoms with Crippen molar-refractivity contribution in [3.8, 4) is 0 Å². The Balaban J connectivity index is 1.93. The average molecular weight is 365 g/mol. The average Bonchev–Trinajstić information content (AvgIpc) is 2.57. The molecule has 0 amide bonds. The normalized spacial score (nSPS) is 12.2. The molecule has 0 aliphatic carbocycles.